The zero-order valence-corrected chi connectivity index (χ0v) is 7.92. The Hall–Kier alpha value is -1.16. The Morgan fingerprint density at radius 1 is 1.38 bits per heavy atom. The highest BCUT2D eigenvalue weighted by Crippen LogP contribution is 2.11. The molecule has 2 N–H and O–H groups in total. The van der Waals surface area contributed by atoms with Gasteiger partial charge in [-0.05, 0) is 24.3 Å². The van der Waals surface area contributed by atoms with Crippen molar-refractivity contribution in [1.82, 2.24) is 0 Å². The number of nitrogens with one attached hydrogen (secondary N) is 1. The lowest BCUT2D eigenvalue weighted by molar-refractivity contribution is -0.136. The second kappa shape index (κ2) is 4.77. The maximum Gasteiger partial charge on any atom is 0.305 e. The third kappa shape index (κ3) is 3.85. The number of anilines is 1. The average molecular weight is 197 g/mol. The van der Waals surface area contributed by atoms with Gasteiger partial charge < -0.3 is 10.4 Å². The minimum Gasteiger partial charge on any atom is -0.481 e. The van der Waals surface area contributed by atoms with Crippen LogP contribution in [0.25, 0.3) is 0 Å². The molecule has 0 bridgehead atoms. The molecule has 0 aliphatic rings. The minimum atomic E-state index is -0.793. The first kappa shape index (κ1) is 9.92. The van der Waals surface area contributed by atoms with Gasteiger partial charge in [-0.2, -0.15) is 0 Å². The second-order valence-corrected chi connectivity index (χ2v) is 3.13. The van der Waals surface area contributed by atoms with Crippen molar-refractivity contribution < 1.29 is 9.90 Å². The summed E-state index contributed by atoms with van der Waals surface area (Å²) in [6.07, 6.45) is 0.128. The van der Waals surface area contributed by atoms with Crippen LogP contribution < -0.4 is 5.32 Å². The first-order valence-corrected chi connectivity index (χ1v) is 4.38. The highest BCUT2D eigenvalue weighted by Gasteiger charge is 1.95. The van der Waals surface area contributed by atoms with Gasteiger partial charge in [-0.3, -0.25) is 4.79 Å². The van der Waals surface area contributed by atoms with Crippen molar-refractivity contribution in [2.45, 2.75) is 11.3 Å². The van der Waals surface area contributed by atoms with Crippen LogP contribution >= 0.6 is 12.6 Å². The monoisotopic (exact) mass is 197 g/mol. The van der Waals surface area contributed by atoms with Crippen LogP contribution in [0.2, 0.25) is 0 Å². The quantitative estimate of drug-likeness (QED) is 0.646. The third-order valence-corrected chi connectivity index (χ3v) is 1.83. The Kier molecular flexibility index (Phi) is 3.64. The Labute approximate surface area is 82.2 Å². The molecule has 0 aliphatic carbocycles. The van der Waals surface area contributed by atoms with Crippen molar-refractivity contribution in [3.8, 4) is 0 Å². The number of carboxylic acids is 1. The fourth-order valence-electron chi connectivity index (χ4n) is 0.893. The van der Waals surface area contributed by atoms with Gasteiger partial charge in [-0.15, -0.1) is 12.6 Å². The van der Waals surface area contributed by atoms with Gasteiger partial charge in [-0.1, -0.05) is 0 Å². The van der Waals surface area contributed by atoms with Crippen molar-refractivity contribution in [2.75, 3.05) is 11.9 Å². The van der Waals surface area contributed by atoms with Crippen LogP contribution in [0.1, 0.15) is 6.42 Å². The lowest BCUT2D eigenvalue weighted by Crippen LogP contribution is -2.07. The first-order chi connectivity index (χ1) is 6.18. The van der Waals surface area contributed by atoms with Crippen molar-refractivity contribution in [2.24, 2.45) is 0 Å². The van der Waals surface area contributed by atoms with E-state index in [2.05, 4.69) is 17.9 Å². The van der Waals surface area contributed by atoms with Gasteiger partial charge in [0.25, 0.3) is 0 Å². The molecule has 0 saturated carbocycles. The van der Waals surface area contributed by atoms with E-state index in [1.165, 1.54) is 0 Å². The summed E-state index contributed by atoms with van der Waals surface area (Å²) in [4.78, 5) is 11.1. The zero-order chi connectivity index (χ0) is 9.68. The smallest absolute Gasteiger partial charge is 0.305 e. The largest absolute Gasteiger partial charge is 0.481 e. The van der Waals surface area contributed by atoms with Gasteiger partial charge in [-0.25, -0.2) is 0 Å². The molecule has 0 atom stereocenters. The summed E-state index contributed by atoms with van der Waals surface area (Å²) < 4.78 is 0. The number of aliphatic carboxylic acids is 1. The molecule has 1 rings (SSSR count). The number of hydrogen-bond donors (Lipinski definition) is 3. The summed E-state index contributed by atoms with van der Waals surface area (Å²) in [5, 5.41) is 11.4. The molecule has 13 heavy (non-hydrogen) atoms. The first-order valence-electron chi connectivity index (χ1n) is 3.93. The van der Waals surface area contributed by atoms with Crippen LogP contribution in [0.3, 0.4) is 0 Å². The SMILES string of the molecule is O=C(O)CCNc1ccc(S)cc1. The number of hydrogen-bond acceptors (Lipinski definition) is 3. The van der Waals surface area contributed by atoms with Crippen LogP contribution in [0.4, 0.5) is 5.69 Å². The summed E-state index contributed by atoms with van der Waals surface area (Å²) in [5.74, 6) is -0.793. The van der Waals surface area contributed by atoms with Crippen molar-refractivity contribution in [1.29, 1.82) is 0 Å². The fraction of sp³-hybridized carbons (Fsp3) is 0.222. The maximum atomic E-state index is 10.2. The Morgan fingerprint density at radius 3 is 2.54 bits per heavy atom. The van der Waals surface area contributed by atoms with E-state index in [1.807, 2.05) is 24.3 Å². The van der Waals surface area contributed by atoms with Gasteiger partial charge in [0, 0.05) is 17.1 Å². The topological polar surface area (TPSA) is 49.3 Å². The lowest BCUT2D eigenvalue weighted by Gasteiger charge is -2.03. The number of rotatable bonds is 4. The standard InChI is InChI=1S/C9H11NO2S/c11-9(12)5-6-10-7-1-3-8(13)4-2-7/h1-4,10,13H,5-6H2,(H,11,12). The highest BCUT2D eigenvalue weighted by atomic mass is 32.1. The molecule has 0 saturated heterocycles. The minimum absolute atomic E-state index is 0.128. The molecule has 0 spiro atoms. The van der Waals surface area contributed by atoms with E-state index in [9.17, 15) is 4.79 Å². The van der Waals surface area contributed by atoms with Gasteiger partial charge in [0.2, 0.25) is 0 Å². The fourth-order valence-corrected chi connectivity index (χ4v) is 1.04. The zero-order valence-electron chi connectivity index (χ0n) is 7.03. The molecule has 70 valence electrons. The molecule has 0 aliphatic heterocycles. The van der Waals surface area contributed by atoms with Crippen LogP contribution in [0.15, 0.2) is 29.2 Å². The molecular weight excluding hydrogens is 186 g/mol. The Bertz CT molecular complexity index is 284. The summed E-state index contributed by atoms with van der Waals surface area (Å²) >= 11 is 4.13. The average Bonchev–Trinajstić information content (AvgIpc) is 2.08. The third-order valence-electron chi connectivity index (χ3n) is 1.54. The normalized spacial score (nSPS) is 9.62. The van der Waals surface area contributed by atoms with Gasteiger partial charge in [0.15, 0.2) is 0 Å². The Balaban J connectivity index is 2.37. The van der Waals surface area contributed by atoms with Gasteiger partial charge >= 0.3 is 5.97 Å². The molecule has 0 amide bonds. The predicted molar refractivity (Wildman–Crippen MR) is 54.4 cm³/mol. The molecule has 0 radical (unpaired) electrons. The molecule has 0 fully saturated rings. The molecule has 0 unspecified atom stereocenters. The number of thiol groups is 1. The molecule has 3 nitrogen and oxygen atoms in total. The predicted octanol–water partition coefficient (Wildman–Crippen LogP) is 1.86. The van der Waals surface area contributed by atoms with Crippen molar-refractivity contribution >= 4 is 24.3 Å². The van der Waals surface area contributed by atoms with E-state index in [1.54, 1.807) is 0 Å². The lowest BCUT2D eigenvalue weighted by atomic mass is 10.3. The van der Waals surface area contributed by atoms with E-state index >= 15 is 0 Å². The molecule has 0 aromatic heterocycles. The molecule has 0 heterocycles. The summed E-state index contributed by atoms with van der Waals surface area (Å²) in [6, 6.07) is 7.44. The number of carboxylic acid groups (broad SMARTS) is 1. The molecular formula is C9H11NO2S. The van der Waals surface area contributed by atoms with Crippen molar-refractivity contribution in [3.05, 3.63) is 24.3 Å². The van der Waals surface area contributed by atoms with Crippen LogP contribution in [-0.2, 0) is 4.79 Å². The summed E-state index contributed by atoms with van der Waals surface area (Å²) in [5.41, 5.74) is 0.916. The molecule has 1 aromatic carbocycles. The Morgan fingerprint density at radius 2 is 2.00 bits per heavy atom. The van der Waals surface area contributed by atoms with Gasteiger partial charge in [0.1, 0.15) is 0 Å². The van der Waals surface area contributed by atoms with E-state index in [4.69, 9.17) is 5.11 Å². The molecule has 1 aromatic rings. The highest BCUT2D eigenvalue weighted by molar-refractivity contribution is 7.80. The van der Waals surface area contributed by atoms with Crippen LogP contribution in [0, 0.1) is 0 Å². The van der Waals surface area contributed by atoms with Crippen LogP contribution in [0.5, 0.6) is 0 Å². The summed E-state index contributed by atoms with van der Waals surface area (Å²) in [6.45, 7) is 0.446. The van der Waals surface area contributed by atoms with E-state index < -0.39 is 5.97 Å². The van der Waals surface area contributed by atoms with Crippen LogP contribution in [-0.4, -0.2) is 17.6 Å². The van der Waals surface area contributed by atoms with E-state index in [0.29, 0.717) is 6.54 Å². The number of carbonyl (C=O) groups is 1. The maximum absolute atomic E-state index is 10.2. The van der Waals surface area contributed by atoms with E-state index in [0.717, 1.165) is 10.6 Å². The van der Waals surface area contributed by atoms with Crippen molar-refractivity contribution in [3.63, 3.8) is 0 Å². The molecule has 4 heteroatoms. The van der Waals surface area contributed by atoms with Gasteiger partial charge in [0.05, 0.1) is 6.42 Å². The second-order valence-electron chi connectivity index (χ2n) is 2.62. The number of benzene rings is 1. The summed E-state index contributed by atoms with van der Waals surface area (Å²) in [7, 11) is 0. The van der Waals surface area contributed by atoms with E-state index in [-0.39, 0.29) is 6.42 Å².